The van der Waals surface area contributed by atoms with E-state index in [9.17, 15) is 0 Å². The summed E-state index contributed by atoms with van der Waals surface area (Å²) < 4.78 is 5.13. The van der Waals surface area contributed by atoms with Crippen LogP contribution in [-0.2, 0) is 11.2 Å². The number of benzene rings is 1. The molecule has 2 rings (SSSR count). The number of hydrogen-bond donors (Lipinski definition) is 1. The van der Waals surface area contributed by atoms with Gasteiger partial charge in [0.05, 0.1) is 6.61 Å². The van der Waals surface area contributed by atoms with E-state index in [-0.39, 0.29) is 0 Å². The molecule has 0 atom stereocenters. The quantitative estimate of drug-likeness (QED) is 0.761. The van der Waals surface area contributed by atoms with Gasteiger partial charge in [-0.3, -0.25) is 0 Å². The molecule has 16 heavy (non-hydrogen) atoms. The highest BCUT2D eigenvalue weighted by molar-refractivity contribution is 5.51. The second-order valence-corrected chi connectivity index (χ2v) is 4.56. The zero-order chi connectivity index (χ0) is 11.2. The number of methoxy groups -OCH3 is 1. The largest absolute Gasteiger partial charge is 0.385 e. The summed E-state index contributed by atoms with van der Waals surface area (Å²) in [7, 11) is 1.75. The lowest BCUT2D eigenvalue weighted by Gasteiger charge is -2.11. The molecule has 1 saturated carbocycles. The molecule has 1 aromatic carbocycles. The Morgan fingerprint density at radius 3 is 2.88 bits per heavy atom. The average Bonchev–Trinajstić information content (AvgIpc) is 3.12. The fourth-order valence-corrected chi connectivity index (χ4v) is 1.94. The van der Waals surface area contributed by atoms with E-state index >= 15 is 0 Å². The van der Waals surface area contributed by atoms with Crippen molar-refractivity contribution in [1.29, 1.82) is 0 Å². The Hall–Kier alpha value is -1.02. The van der Waals surface area contributed by atoms with Crippen LogP contribution in [0.3, 0.4) is 0 Å². The normalized spacial score (nSPS) is 15.1. The smallest absolute Gasteiger partial charge is 0.0503 e. The summed E-state index contributed by atoms with van der Waals surface area (Å²) in [6.07, 6.45) is 5.18. The van der Waals surface area contributed by atoms with Gasteiger partial charge in [-0.05, 0) is 30.4 Å². The number of hydrogen-bond acceptors (Lipinski definition) is 2. The van der Waals surface area contributed by atoms with Crippen molar-refractivity contribution >= 4 is 5.69 Å². The summed E-state index contributed by atoms with van der Waals surface area (Å²) in [5, 5.41) is 3.54. The lowest BCUT2D eigenvalue weighted by atomic mass is 10.1. The molecule has 0 saturated heterocycles. The van der Waals surface area contributed by atoms with Crippen LogP contribution in [0.1, 0.15) is 24.8 Å². The molecule has 1 N–H and O–H groups in total. The van der Waals surface area contributed by atoms with Crippen molar-refractivity contribution in [1.82, 2.24) is 0 Å². The van der Waals surface area contributed by atoms with Crippen LogP contribution >= 0.6 is 0 Å². The van der Waals surface area contributed by atoms with Crippen molar-refractivity contribution in [3.05, 3.63) is 29.8 Å². The van der Waals surface area contributed by atoms with Crippen LogP contribution in [0.15, 0.2) is 24.3 Å². The molecule has 2 heteroatoms. The molecule has 0 heterocycles. The first kappa shape index (κ1) is 11.5. The first-order chi connectivity index (χ1) is 7.90. The monoisotopic (exact) mass is 219 g/mol. The Bertz CT molecular complexity index is 320. The van der Waals surface area contributed by atoms with E-state index in [1.54, 1.807) is 7.11 Å². The summed E-state index contributed by atoms with van der Waals surface area (Å²) in [4.78, 5) is 0. The van der Waals surface area contributed by atoms with Crippen molar-refractivity contribution in [3.63, 3.8) is 0 Å². The van der Waals surface area contributed by atoms with Crippen molar-refractivity contribution in [2.24, 2.45) is 5.92 Å². The van der Waals surface area contributed by atoms with Crippen LogP contribution < -0.4 is 5.32 Å². The molecule has 0 spiro atoms. The van der Waals surface area contributed by atoms with E-state index in [0.717, 1.165) is 25.5 Å². The fourth-order valence-electron chi connectivity index (χ4n) is 1.94. The van der Waals surface area contributed by atoms with Crippen LogP contribution in [-0.4, -0.2) is 20.3 Å². The fraction of sp³-hybridized carbons (Fsp3) is 0.571. The predicted molar refractivity (Wildman–Crippen MR) is 67.9 cm³/mol. The molecule has 0 amide bonds. The number of nitrogens with one attached hydrogen (secondary N) is 1. The maximum absolute atomic E-state index is 5.13. The van der Waals surface area contributed by atoms with Gasteiger partial charge < -0.3 is 10.1 Å². The van der Waals surface area contributed by atoms with E-state index in [4.69, 9.17) is 4.74 Å². The Morgan fingerprint density at radius 2 is 2.12 bits per heavy atom. The van der Waals surface area contributed by atoms with Gasteiger partial charge >= 0.3 is 0 Å². The zero-order valence-electron chi connectivity index (χ0n) is 10.0. The third-order valence-corrected chi connectivity index (χ3v) is 3.16. The third kappa shape index (κ3) is 3.53. The molecule has 0 radical (unpaired) electrons. The zero-order valence-corrected chi connectivity index (χ0v) is 10.0. The molecule has 0 bridgehead atoms. The Kier molecular flexibility index (Phi) is 4.23. The molecule has 1 aliphatic rings. The van der Waals surface area contributed by atoms with E-state index in [0.29, 0.717) is 0 Å². The number of para-hydroxylation sites is 1. The second kappa shape index (κ2) is 5.90. The minimum absolute atomic E-state index is 0.793. The second-order valence-electron chi connectivity index (χ2n) is 4.56. The number of rotatable bonds is 7. The minimum atomic E-state index is 0.793. The summed E-state index contributed by atoms with van der Waals surface area (Å²) in [5.74, 6) is 0.999. The first-order valence-electron chi connectivity index (χ1n) is 6.21. The number of anilines is 1. The SMILES string of the molecule is COCCc1ccccc1NCCC1CC1. The van der Waals surface area contributed by atoms with E-state index in [1.807, 2.05) is 0 Å². The molecule has 0 aromatic heterocycles. The first-order valence-corrected chi connectivity index (χ1v) is 6.21. The minimum Gasteiger partial charge on any atom is -0.385 e. The Labute approximate surface area is 98.0 Å². The molecule has 2 nitrogen and oxygen atoms in total. The topological polar surface area (TPSA) is 21.3 Å². The molecule has 1 aromatic rings. The highest BCUT2D eigenvalue weighted by Crippen LogP contribution is 2.32. The Morgan fingerprint density at radius 1 is 1.31 bits per heavy atom. The summed E-state index contributed by atoms with van der Waals surface area (Å²) in [5.41, 5.74) is 2.64. The molecule has 1 fully saturated rings. The van der Waals surface area contributed by atoms with Crippen LogP contribution in [0, 0.1) is 5.92 Å². The molecule has 0 unspecified atom stereocenters. The standard InChI is InChI=1S/C14H21NO/c1-16-11-9-13-4-2-3-5-14(13)15-10-8-12-6-7-12/h2-5,12,15H,6-11H2,1H3. The van der Waals surface area contributed by atoms with E-state index in [2.05, 4.69) is 29.6 Å². The van der Waals surface area contributed by atoms with Gasteiger partial charge in [-0.2, -0.15) is 0 Å². The van der Waals surface area contributed by atoms with Gasteiger partial charge in [0, 0.05) is 19.3 Å². The van der Waals surface area contributed by atoms with Gasteiger partial charge in [-0.25, -0.2) is 0 Å². The van der Waals surface area contributed by atoms with Gasteiger partial charge in [0.2, 0.25) is 0 Å². The van der Waals surface area contributed by atoms with Crippen molar-refractivity contribution in [2.45, 2.75) is 25.7 Å². The van der Waals surface area contributed by atoms with Crippen LogP contribution in [0.25, 0.3) is 0 Å². The highest BCUT2D eigenvalue weighted by Gasteiger charge is 2.20. The maximum atomic E-state index is 5.13. The van der Waals surface area contributed by atoms with Crippen molar-refractivity contribution in [2.75, 3.05) is 25.6 Å². The van der Waals surface area contributed by atoms with Crippen molar-refractivity contribution in [3.8, 4) is 0 Å². The molecular weight excluding hydrogens is 198 g/mol. The molecule has 1 aliphatic carbocycles. The van der Waals surface area contributed by atoms with E-state index < -0.39 is 0 Å². The third-order valence-electron chi connectivity index (χ3n) is 3.16. The van der Waals surface area contributed by atoms with Crippen LogP contribution in [0.4, 0.5) is 5.69 Å². The average molecular weight is 219 g/mol. The maximum Gasteiger partial charge on any atom is 0.0503 e. The number of ether oxygens (including phenoxy) is 1. The lowest BCUT2D eigenvalue weighted by molar-refractivity contribution is 0.202. The van der Waals surface area contributed by atoms with Crippen molar-refractivity contribution < 1.29 is 4.74 Å². The van der Waals surface area contributed by atoms with E-state index in [1.165, 1.54) is 30.5 Å². The van der Waals surface area contributed by atoms with Gasteiger partial charge in [-0.15, -0.1) is 0 Å². The predicted octanol–water partition coefficient (Wildman–Crippen LogP) is 3.09. The summed E-state index contributed by atoms with van der Waals surface area (Å²) in [6, 6.07) is 8.53. The molecule has 88 valence electrons. The Balaban J connectivity index is 1.84. The summed E-state index contributed by atoms with van der Waals surface area (Å²) in [6.45, 7) is 1.90. The lowest BCUT2D eigenvalue weighted by Crippen LogP contribution is -2.06. The van der Waals surface area contributed by atoms with Gasteiger partial charge in [0.1, 0.15) is 0 Å². The molecular formula is C14H21NO. The molecule has 0 aliphatic heterocycles. The van der Waals surface area contributed by atoms with Crippen LogP contribution in [0.5, 0.6) is 0 Å². The van der Waals surface area contributed by atoms with Gasteiger partial charge in [-0.1, -0.05) is 31.0 Å². The highest BCUT2D eigenvalue weighted by atomic mass is 16.5. The van der Waals surface area contributed by atoms with Crippen LogP contribution in [0.2, 0.25) is 0 Å². The van der Waals surface area contributed by atoms with Gasteiger partial charge in [0.15, 0.2) is 0 Å². The summed E-state index contributed by atoms with van der Waals surface area (Å²) >= 11 is 0. The van der Waals surface area contributed by atoms with Gasteiger partial charge in [0.25, 0.3) is 0 Å².